The smallest absolute Gasteiger partial charge is 0.318 e. The van der Waals surface area contributed by atoms with Crippen LogP contribution in [0.3, 0.4) is 0 Å². The molecule has 130 valence electrons. The van der Waals surface area contributed by atoms with Crippen LogP contribution in [-0.2, 0) is 13.1 Å². The number of hydrogen-bond acceptors (Lipinski definition) is 3. The highest BCUT2D eigenvalue weighted by atomic mass is 16.5. The highest BCUT2D eigenvalue weighted by Gasteiger charge is 2.31. The minimum atomic E-state index is -0.0351. The summed E-state index contributed by atoms with van der Waals surface area (Å²) in [7, 11) is 1.66. The van der Waals surface area contributed by atoms with Crippen LogP contribution in [0, 0.1) is 0 Å². The fourth-order valence-electron chi connectivity index (χ4n) is 3.63. The molecule has 0 aliphatic carbocycles. The minimum Gasteiger partial charge on any atom is -0.497 e. The Morgan fingerprint density at radius 1 is 1.24 bits per heavy atom. The molecule has 0 saturated carbocycles. The van der Waals surface area contributed by atoms with Gasteiger partial charge in [0.2, 0.25) is 0 Å². The number of para-hydroxylation sites is 1. The molecule has 5 heteroatoms. The van der Waals surface area contributed by atoms with Crippen molar-refractivity contribution in [2.75, 3.05) is 13.7 Å². The van der Waals surface area contributed by atoms with E-state index in [1.807, 2.05) is 48.2 Å². The number of hydrogen-bond donors (Lipinski definition) is 1. The molecule has 0 aromatic heterocycles. The van der Waals surface area contributed by atoms with Crippen molar-refractivity contribution in [3.63, 3.8) is 0 Å². The van der Waals surface area contributed by atoms with E-state index in [0.717, 1.165) is 17.1 Å². The zero-order valence-electron chi connectivity index (χ0n) is 14.5. The summed E-state index contributed by atoms with van der Waals surface area (Å²) in [5.74, 6) is 1.94. The van der Waals surface area contributed by atoms with Crippen molar-refractivity contribution in [3.05, 3.63) is 59.2 Å². The van der Waals surface area contributed by atoms with Crippen LogP contribution in [0.2, 0.25) is 0 Å². The maximum Gasteiger partial charge on any atom is 0.318 e. The fourth-order valence-corrected chi connectivity index (χ4v) is 3.63. The van der Waals surface area contributed by atoms with E-state index in [9.17, 15) is 4.79 Å². The number of benzene rings is 2. The van der Waals surface area contributed by atoms with Crippen molar-refractivity contribution >= 4 is 6.03 Å². The summed E-state index contributed by atoms with van der Waals surface area (Å²) in [6.07, 6.45) is 0. The van der Waals surface area contributed by atoms with E-state index >= 15 is 0 Å². The van der Waals surface area contributed by atoms with Gasteiger partial charge in [0, 0.05) is 30.6 Å². The molecule has 1 N–H and O–H groups in total. The standard InChI is InChI=1S/C20H22N2O3/c1-13(18-12-25-19-6-4-3-5-17(18)19)21-20(23)22-10-14-7-8-16(24-2)9-15(14)11-22/h3-9,13,18H,10-12H2,1-2H3,(H,21,23). The third-order valence-electron chi connectivity index (χ3n) is 5.11. The van der Waals surface area contributed by atoms with E-state index in [0.29, 0.717) is 19.7 Å². The van der Waals surface area contributed by atoms with Crippen molar-refractivity contribution in [1.29, 1.82) is 0 Å². The van der Waals surface area contributed by atoms with E-state index in [2.05, 4.69) is 11.4 Å². The molecule has 2 aromatic rings. The number of ether oxygens (including phenoxy) is 2. The molecular formula is C20H22N2O3. The summed E-state index contributed by atoms with van der Waals surface area (Å²) in [5.41, 5.74) is 3.50. The van der Waals surface area contributed by atoms with Gasteiger partial charge in [0.05, 0.1) is 13.7 Å². The summed E-state index contributed by atoms with van der Waals surface area (Å²) < 4.78 is 11.0. The summed E-state index contributed by atoms with van der Waals surface area (Å²) >= 11 is 0. The van der Waals surface area contributed by atoms with Crippen LogP contribution in [0.4, 0.5) is 4.79 Å². The van der Waals surface area contributed by atoms with Gasteiger partial charge in [-0.2, -0.15) is 0 Å². The third-order valence-corrected chi connectivity index (χ3v) is 5.11. The monoisotopic (exact) mass is 338 g/mol. The first-order valence-corrected chi connectivity index (χ1v) is 8.58. The Labute approximate surface area is 147 Å². The average Bonchev–Trinajstić information content (AvgIpc) is 3.25. The van der Waals surface area contributed by atoms with Gasteiger partial charge in [-0.1, -0.05) is 24.3 Å². The van der Waals surface area contributed by atoms with Crippen molar-refractivity contribution in [3.8, 4) is 11.5 Å². The third kappa shape index (κ3) is 2.90. The van der Waals surface area contributed by atoms with Crippen LogP contribution >= 0.6 is 0 Å². The van der Waals surface area contributed by atoms with E-state index in [1.54, 1.807) is 7.11 Å². The maximum absolute atomic E-state index is 12.7. The highest BCUT2D eigenvalue weighted by molar-refractivity contribution is 5.75. The van der Waals surface area contributed by atoms with Crippen molar-refractivity contribution < 1.29 is 14.3 Å². The molecule has 2 heterocycles. The lowest BCUT2D eigenvalue weighted by molar-refractivity contribution is 0.191. The molecule has 25 heavy (non-hydrogen) atoms. The second-order valence-electron chi connectivity index (χ2n) is 6.68. The normalized spacial score (nSPS) is 19.0. The molecule has 5 nitrogen and oxygen atoms in total. The molecule has 0 saturated heterocycles. The summed E-state index contributed by atoms with van der Waals surface area (Å²) in [6, 6.07) is 14.0. The van der Waals surface area contributed by atoms with Gasteiger partial charge in [0.25, 0.3) is 0 Å². The Hall–Kier alpha value is -2.69. The van der Waals surface area contributed by atoms with Gasteiger partial charge in [0.1, 0.15) is 11.5 Å². The largest absolute Gasteiger partial charge is 0.497 e. The number of nitrogens with one attached hydrogen (secondary N) is 1. The molecule has 2 aromatic carbocycles. The number of urea groups is 1. The van der Waals surface area contributed by atoms with Gasteiger partial charge in [-0.3, -0.25) is 0 Å². The Morgan fingerprint density at radius 3 is 2.88 bits per heavy atom. The molecule has 2 aliphatic rings. The van der Waals surface area contributed by atoms with Gasteiger partial charge in [0.15, 0.2) is 0 Å². The first-order valence-electron chi connectivity index (χ1n) is 8.58. The molecule has 0 spiro atoms. The van der Waals surface area contributed by atoms with Crippen molar-refractivity contribution in [2.24, 2.45) is 0 Å². The lowest BCUT2D eigenvalue weighted by atomic mass is 9.94. The number of rotatable bonds is 3. The van der Waals surface area contributed by atoms with Crippen LogP contribution < -0.4 is 14.8 Å². The quantitative estimate of drug-likeness (QED) is 0.934. The van der Waals surface area contributed by atoms with E-state index < -0.39 is 0 Å². The average molecular weight is 338 g/mol. The predicted octanol–water partition coefficient (Wildman–Crippen LogP) is 3.29. The molecule has 2 aliphatic heterocycles. The molecule has 0 fully saturated rings. The van der Waals surface area contributed by atoms with Crippen LogP contribution in [0.1, 0.15) is 29.5 Å². The molecule has 0 bridgehead atoms. The fraction of sp³-hybridized carbons (Fsp3) is 0.350. The van der Waals surface area contributed by atoms with Crippen molar-refractivity contribution in [1.82, 2.24) is 10.2 Å². The highest BCUT2D eigenvalue weighted by Crippen LogP contribution is 2.35. The van der Waals surface area contributed by atoms with Gasteiger partial charge >= 0.3 is 6.03 Å². The molecule has 2 unspecified atom stereocenters. The second-order valence-corrected chi connectivity index (χ2v) is 6.68. The number of carbonyl (C=O) groups excluding carboxylic acids is 1. The number of methoxy groups -OCH3 is 1. The first-order chi connectivity index (χ1) is 12.2. The molecule has 2 amide bonds. The molecule has 4 rings (SSSR count). The first kappa shape index (κ1) is 15.8. The van der Waals surface area contributed by atoms with Gasteiger partial charge in [-0.25, -0.2) is 4.79 Å². The van der Waals surface area contributed by atoms with E-state index in [4.69, 9.17) is 9.47 Å². The SMILES string of the molecule is COc1ccc2c(c1)CN(C(=O)NC(C)C1COc3ccccc31)C2. The number of amides is 2. The van der Waals surface area contributed by atoms with Gasteiger partial charge in [-0.05, 0) is 36.2 Å². The Morgan fingerprint density at radius 2 is 2.04 bits per heavy atom. The molecule has 2 atom stereocenters. The molecule has 0 radical (unpaired) electrons. The second kappa shape index (κ2) is 6.31. The van der Waals surface area contributed by atoms with Crippen LogP contribution in [0.15, 0.2) is 42.5 Å². The lowest BCUT2D eigenvalue weighted by Crippen LogP contribution is -2.44. The number of nitrogens with zero attached hydrogens (tertiary/aromatic N) is 1. The van der Waals surface area contributed by atoms with E-state index in [-0.39, 0.29) is 18.0 Å². The summed E-state index contributed by atoms with van der Waals surface area (Å²) in [6.45, 7) is 3.90. The molecular weight excluding hydrogens is 316 g/mol. The zero-order chi connectivity index (χ0) is 17.4. The van der Waals surface area contributed by atoms with Gasteiger partial charge in [-0.15, -0.1) is 0 Å². The zero-order valence-corrected chi connectivity index (χ0v) is 14.5. The Balaban J connectivity index is 1.41. The van der Waals surface area contributed by atoms with Crippen LogP contribution in [0.5, 0.6) is 11.5 Å². The summed E-state index contributed by atoms with van der Waals surface area (Å²) in [4.78, 5) is 14.5. The van der Waals surface area contributed by atoms with Crippen LogP contribution in [-0.4, -0.2) is 30.7 Å². The van der Waals surface area contributed by atoms with E-state index in [1.165, 1.54) is 11.1 Å². The maximum atomic E-state index is 12.7. The van der Waals surface area contributed by atoms with Crippen LogP contribution in [0.25, 0.3) is 0 Å². The number of fused-ring (bicyclic) bond motifs is 2. The summed E-state index contributed by atoms with van der Waals surface area (Å²) in [5, 5.41) is 3.14. The lowest BCUT2D eigenvalue weighted by Gasteiger charge is -2.24. The van der Waals surface area contributed by atoms with Gasteiger partial charge < -0.3 is 19.7 Å². The Bertz CT molecular complexity index is 805. The Kier molecular flexibility index (Phi) is 3.99. The van der Waals surface area contributed by atoms with Crippen molar-refractivity contribution in [2.45, 2.75) is 32.0 Å². The predicted molar refractivity (Wildman–Crippen MR) is 94.9 cm³/mol. The minimum absolute atomic E-state index is 0.00870. The topological polar surface area (TPSA) is 50.8 Å². The number of carbonyl (C=O) groups is 1.